The molecule has 0 aliphatic heterocycles. The smallest absolute Gasteiger partial charge is 0.406 e. The molecule has 1 aliphatic carbocycles. The van der Waals surface area contributed by atoms with Crippen LogP contribution in [0.25, 0.3) is 11.3 Å². The Balaban J connectivity index is 1.67. The lowest BCUT2D eigenvalue weighted by Crippen LogP contribution is -2.23. The second-order valence-corrected chi connectivity index (χ2v) is 8.75. The Morgan fingerprint density at radius 1 is 0.970 bits per heavy atom. The van der Waals surface area contributed by atoms with Gasteiger partial charge in [0.05, 0.1) is 5.69 Å². The fourth-order valence-electron chi connectivity index (χ4n) is 3.85. The van der Waals surface area contributed by atoms with E-state index in [0.29, 0.717) is 23.0 Å². The third-order valence-corrected chi connectivity index (χ3v) is 6.10. The zero-order valence-corrected chi connectivity index (χ0v) is 19.0. The Bertz CT molecular complexity index is 1090. The van der Waals surface area contributed by atoms with Crippen molar-refractivity contribution in [1.82, 2.24) is 9.97 Å². The average Bonchev–Trinajstić information content (AvgIpc) is 2.79. The van der Waals surface area contributed by atoms with Gasteiger partial charge in [-0.05, 0) is 49.4 Å². The molecule has 33 heavy (non-hydrogen) atoms. The largest absolute Gasteiger partial charge is 0.573 e. The van der Waals surface area contributed by atoms with Gasteiger partial charge in [0, 0.05) is 28.3 Å². The van der Waals surface area contributed by atoms with Crippen LogP contribution in [0, 0.1) is 0 Å². The van der Waals surface area contributed by atoms with Crippen LogP contribution in [-0.4, -0.2) is 28.6 Å². The number of hydrogen-bond acceptors (Lipinski definition) is 6. The van der Waals surface area contributed by atoms with Gasteiger partial charge in [-0.1, -0.05) is 37.5 Å². The molecular formula is C24H25F3N4OS. The van der Waals surface area contributed by atoms with Crippen molar-refractivity contribution in [3.63, 3.8) is 0 Å². The fraction of sp³-hybridized carbons (Fsp3) is 0.333. The van der Waals surface area contributed by atoms with Crippen molar-refractivity contribution in [3.05, 3.63) is 54.6 Å². The average molecular weight is 475 g/mol. The molecule has 0 radical (unpaired) electrons. The van der Waals surface area contributed by atoms with E-state index in [4.69, 9.17) is 0 Å². The first-order chi connectivity index (χ1) is 15.9. The molecule has 0 amide bonds. The third kappa shape index (κ3) is 6.77. The van der Waals surface area contributed by atoms with Crippen LogP contribution in [0.1, 0.15) is 32.1 Å². The van der Waals surface area contributed by atoms with Gasteiger partial charge in [-0.15, -0.1) is 24.9 Å². The molecule has 0 atom stereocenters. The second-order valence-electron chi connectivity index (χ2n) is 7.87. The molecule has 2 N–H and O–H groups in total. The Kier molecular flexibility index (Phi) is 7.27. The summed E-state index contributed by atoms with van der Waals surface area (Å²) in [5.74, 6) is 0.714. The van der Waals surface area contributed by atoms with Gasteiger partial charge in [0.2, 0.25) is 5.95 Å². The van der Waals surface area contributed by atoms with Crippen LogP contribution < -0.4 is 15.4 Å². The predicted molar refractivity (Wildman–Crippen MR) is 126 cm³/mol. The summed E-state index contributed by atoms with van der Waals surface area (Å²) in [5.41, 5.74) is 1.87. The third-order valence-electron chi connectivity index (χ3n) is 5.37. The highest BCUT2D eigenvalue weighted by Crippen LogP contribution is 2.30. The number of nitrogens with one attached hydrogen (secondary N) is 2. The molecule has 4 rings (SSSR count). The van der Waals surface area contributed by atoms with Gasteiger partial charge in [-0.3, -0.25) is 0 Å². The number of rotatable bonds is 7. The maximum Gasteiger partial charge on any atom is 0.573 e. The van der Waals surface area contributed by atoms with Crippen molar-refractivity contribution < 1.29 is 17.9 Å². The standard InChI is InChI=1S/C24H25F3N4OS/c1-33-20-12-6-10-18(14-20)28-22-15-21(16-7-5-11-19(13-16)32-24(25,26)27)30-23(31-22)29-17-8-3-2-4-9-17/h5-7,10-15,17H,2-4,8-9H2,1H3,(H2,28,29,30,31). The Labute approximate surface area is 195 Å². The number of thioether (sulfide) groups is 1. The van der Waals surface area contributed by atoms with E-state index in [2.05, 4.69) is 25.3 Å². The lowest BCUT2D eigenvalue weighted by molar-refractivity contribution is -0.274. The number of nitrogens with zero attached hydrogens (tertiary/aromatic N) is 2. The summed E-state index contributed by atoms with van der Waals surface area (Å²) in [6.07, 6.45) is 2.87. The zero-order valence-electron chi connectivity index (χ0n) is 18.2. The van der Waals surface area contributed by atoms with E-state index in [-0.39, 0.29) is 11.8 Å². The Morgan fingerprint density at radius 2 is 1.76 bits per heavy atom. The summed E-state index contributed by atoms with van der Waals surface area (Å²) in [6, 6.07) is 15.7. The predicted octanol–water partition coefficient (Wildman–Crippen LogP) is 7.25. The lowest BCUT2D eigenvalue weighted by atomic mass is 9.96. The minimum atomic E-state index is -4.76. The number of benzene rings is 2. The highest BCUT2D eigenvalue weighted by Gasteiger charge is 2.31. The van der Waals surface area contributed by atoms with Crippen LogP contribution in [0.2, 0.25) is 0 Å². The van der Waals surface area contributed by atoms with E-state index < -0.39 is 6.36 Å². The van der Waals surface area contributed by atoms with Gasteiger partial charge in [0.1, 0.15) is 11.6 Å². The summed E-state index contributed by atoms with van der Waals surface area (Å²) in [7, 11) is 0. The molecule has 2 aromatic carbocycles. The molecule has 1 fully saturated rings. The number of aromatic nitrogens is 2. The second kappa shape index (κ2) is 10.3. The minimum Gasteiger partial charge on any atom is -0.406 e. The van der Waals surface area contributed by atoms with Crippen molar-refractivity contribution in [2.75, 3.05) is 16.9 Å². The van der Waals surface area contributed by atoms with E-state index >= 15 is 0 Å². The van der Waals surface area contributed by atoms with Crippen LogP contribution in [0.5, 0.6) is 5.75 Å². The molecule has 5 nitrogen and oxygen atoms in total. The fourth-order valence-corrected chi connectivity index (χ4v) is 4.31. The first kappa shape index (κ1) is 23.2. The van der Waals surface area contributed by atoms with E-state index in [1.807, 2.05) is 30.5 Å². The molecule has 0 spiro atoms. The maximum absolute atomic E-state index is 12.7. The number of ether oxygens (including phenoxy) is 1. The molecule has 1 aliphatic rings. The van der Waals surface area contributed by atoms with Crippen molar-refractivity contribution in [3.8, 4) is 17.0 Å². The molecule has 3 aromatic rings. The van der Waals surface area contributed by atoms with Crippen molar-refractivity contribution in [1.29, 1.82) is 0 Å². The molecule has 9 heteroatoms. The molecule has 1 saturated carbocycles. The van der Waals surface area contributed by atoms with Gasteiger partial charge in [0.25, 0.3) is 0 Å². The Morgan fingerprint density at radius 3 is 2.52 bits per heavy atom. The maximum atomic E-state index is 12.7. The monoisotopic (exact) mass is 474 g/mol. The summed E-state index contributed by atoms with van der Waals surface area (Å²) in [6.45, 7) is 0. The summed E-state index contributed by atoms with van der Waals surface area (Å²) in [5, 5.41) is 6.72. The van der Waals surface area contributed by atoms with Crippen LogP contribution in [-0.2, 0) is 0 Å². The molecule has 1 aromatic heterocycles. The summed E-state index contributed by atoms with van der Waals surface area (Å²) < 4.78 is 42.2. The number of anilines is 3. The molecule has 0 saturated heterocycles. The van der Waals surface area contributed by atoms with E-state index in [1.165, 1.54) is 24.6 Å². The van der Waals surface area contributed by atoms with E-state index in [9.17, 15) is 13.2 Å². The lowest BCUT2D eigenvalue weighted by Gasteiger charge is -2.23. The number of halogens is 3. The van der Waals surface area contributed by atoms with Gasteiger partial charge < -0.3 is 15.4 Å². The molecular weight excluding hydrogens is 449 g/mol. The number of hydrogen-bond donors (Lipinski definition) is 2. The molecule has 174 valence electrons. The Hall–Kier alpha value is -2.94. The highest BCUT2D eigenvalue weighted by atomic mass is 32.2. The van der Waals surface area contributed by atoms with Gasteiger partial charge in [0.15, 0.2) is 0 Å². The van der Waals surface area contributed by atoms with E-state index in [1.54, 1.807) is 23.9 Å². The van der Waals surface area contributed by atoms with Gasteiger partial charge >= 0.3 is 6.36 Å². The minimum absolute atomic E-state index is 0.279. The van der Waals surface area contributed by atoms with Gasteiger partial charge in [-0.2, -0.15) is 4.98 Å². The van der Waals surface area contributed by atoms with Crippen LogP contribution >= 0.6 is 11.8 Å². The number of alkyl halides is 3. The zero-order chi connectivity index (χ0) is 23.3. The quantitative estimate of drug-likeness (QED) is 0.352. The topological polar surface area (TPSA) is 59.1 Å². The van der Waals surface area contributed by atoms with Crippen molar-refractivity contribution >= 4 is 29.2 Å². The first-order valence-electron chi connectivity index (χ1n) is 10.8. The van der Waals surface area contributed by atoms with Crippen LogP contribution in [0.4, 0.5) is 30.6 Å². The molecule has 0 bridgehead atoms. The van der Waals surface area contributed by atoms with Crippen LogP contribution in [0.15, 0.2) is 59.5 Å². The molecule has 1 heterocycles. The molecule has 0 unspecified atom stereocenters. The van der Waals surface area contributed by atoms with Crippen molar-refractivity contribution in [2.45, 2.75) is 49.4 Å². The normalized spacial score (nSPS) is 14.7. The summed E-state index contributed by atoms with van der Waals surface area (Å²) >= 11 is 1.64. The van der Waals surface area contributed by atoms with E-state index in [0.717, 1.165) is 36.3 Å². The summed E-state index contributed by atoms with van der Waals surface area (Å²) in [4.78, 5) is 10.3. The van der Waals surface area contributed by atoms with Crippen LogP contribution in [0.3, 0.4) is 0 Å². The SMILES string of the molecule is CSc1cccc(Nc2cc(-c3cccc(OC(F)(F)F)c3)nc(NC3CCCCC3)n2)c1. The highest BCUT2D eigenvalue weighted by molar-refractivity contribution is 7.98. The van der Waals surface area contributed by atoms with Crippen molar-refractivity contribution in [2.24, 2.45) is 0 Å². The van der Waals surface area contributed by atoms with Gasteiger partial charge in [-0.25, -0.2) is 4.98 Å². The first-order valence-corrected chi connectivity index (χ1v) is 12.0.